The largest absolute Gasteiger partial charge is 0.312 e. The van der Waals surface area contributed by atoms with Crippen molar-refractivity contribution >= 4 is 57.3 Å². The molecule has 4 rings (SSSR count). The minimum absolute atomic E-state index is 0.0312. The molecule has 1 saturated heterocycles. The van der Waals surface area contributed by atoms with E-state index in [0.29, 0.717) is 35.3 Å². The van der Waals surface area contributed by atoms with Crippen molar-refractivity contribution in [3.63, 3.8) is 0 Å². The topological polar surface area (TPSA) is 75.2 Å². The lowest BCUT2D eigenvalue weighted by atomic mass is 10.1. The number of nitrogens with one attached hydrogen (secondary N) is 1. The first-order chi connectivity index (χ1) is 15.0. The number of benzene rings is 2. The van der Waals surface area contributed by atoms with Crippen LogP contribution in [0.2, 0.25) is 5.02 Å². The molecule has 1 N–H and O–H groups in total. The van der Waals surface area contributed by atoms with Crippen LogP contribution in [0.5, 0.6) is 0 Å². The standard InChI is InChI=1S/C22H21ClN4O2S2/c1-14-7-8-16(12-18(14)23)27-13-15(11-20(27)29)21-25-26-22(31-21)24-19(28)9-10-30-17-5-3-2-4-6-17/h2-8,12,15H,9-11,13H2,1H3,(H,24,26,28)/t15-/m0/s1. The SMILES string of the molecule is Cc1ccc(N2C[C@@H](c3nnc(NC(=O)CCSc4ccccc4)s3)CC2=O)cc1Cl. The zero-order valence-electron chi connectivity index (χ0n) is 16.9. The Morgan fingerprint density at radius 2 is 2.06 bits per heavy atom. The number of carbonyl (C=O) groups is 2. The molecule has 2 amide bonds. The van der Waals surface area contributed by atoms with Gasteiger partial charge in [0.15, 0.2) is 0 Å². The highest BCUT2D eigenvalue weighted by Crippen LogP contribution is 2.35. The first-order valence-corrected chi connectivity index (χ1v) is 12.0. The number of carbonyl (C=O) groups excluding carboxylic acids is 2. The molecular formula is C22H21ClN4O2S2. The van der Waals surface area contributed by atoms with Crippen LogP contribution in [-0.2, 0) is 9.59 Å². The maximum atomic E-state index is 12.5. The summed E-state index contributed by atoms with van der Waals surface area (Å²) in [6, 6.07) is 15.6. The highest BCUT2D eigenvalue weighted by atomic mass is 35.5. The number of thioether (sulfide) groups is 1. The molecule has 9 heteroatoms. The summed E-state index contributed by atoms with van der Waals surface area (Å²) in [4.78, 5) is 27.6. The molecule has 0 unspecified atom stereocenters. The minimum atomic E-state index is -0.0930. The summed E-state index contributed by atoms with van der Waals surface area (Å²) in [5, 5.41) is 13.0. The molecule has 2 aromatic carbocycles. The number of hydrogen-bond donors (Lipinski definition) is 1. The molecule has 0 aliphatic carbocycles. The Labute approximate surface area is 194 Å². The Morgan fingerprint density at radius 3 is 2.84 bits per heavy atom. The summed E-state index contributed by atoms with van der Waals surface area (Å²) < 4.78 is 0. The molecule has 6 nitrogen and oxygen atoms in total. The van der Waals surface area contributed by atoms with Crippen LogP contribution in [0, 0.1) is 6.92 Å². The second-order valence-corrected chi connectivity index (χ2v) is 9.83. The fourth-order valence-corrected chi connectivity index (χ4v) is 5.18. The highest BCUT2D eigenvalue weighted by molar-refractivity contribution is 7.99. The lowest BCUT2D eigenvalue weighted by molar-refractivity contribution is -0.117. The van der Waals surface area contributed by atoms with Gasteiger partial charge in [-0.2, -0.15) is 0 Å². The van der Waals surface area contributed by atoms with E-state index in [4.69, 9.17) is 11.6 Å². The lowest BCUT2D eigenvalue weighted by Crippen LogP contribution is -2.24. The van der Waals surface area contributed by atoms with E-state index in [1.165, 1.54) is 11.3 Å². The second-order valence-electron chi connectivity index (χ2n) is 7.24. The van der Waals surface area contributed by atoms with E-state index in [0.717, 1.165) is 21.2 Å². The summed E-state index contributed by atoms with van der Waals surface area (Å²) >= 11 is 9.18. The van der Waals surface area contributed by atoms with Gasteiger partial charge in [0.25, 0.3) is 0 Å². The van der Waals surface area contributed by atoms with Crippen molar-refractivity contribution in [1.82, 2.24) is 10.2 Å². The van der Waals surface area contributed by atoms with Crippen LogP contribution in [0.4, 0.5) is 10.8 Å². The van der Waals surface area contributed by atoms with E-state index >= 15 is 0 Å². The minimum Gasteiger partial charge on any atom is -0.312 e. The van der Waals surface area contributed by atoms with Crippen LogP contribution in [0.25, 0.3) is 0 Å². The van der Waals surface area contributed by atoms with E-state index in [9.17, 15) is 9.59 Å². The van der Waals surface area contributed by atoms with Gasteiger partial charge in [0, 0.05) is 46.7 Å². The fraction of sp³-hybridized carbons (Fsp3) is 0.273. The van der Waals surface area contributed by atoms with Gasteiger partial charge in [0.1, 0.15) is 5.01 Å². The normalized spacial score (nSPS) is 16.0. The van der Waals surface area contributed by atoms with Gasteiger partial charge in [-0.15, -0.1) is 22.0 Å². The van der Waals surface area contributed by atoms with Crippen LogP contribution in [0.1, 0.15) is 29.3 Å². The van der Waals surface area contributed by atoms with Crippen LogP contribution >= 0.6 is 34.7 Å². The van der Waals surface area contributed by atoms with Crippen LogP contribution < -0.4 is 10.2 Å². The Bertz CT molecular complexity index is 1090. The maximum Gasteiger partial charge on any atom is 0.227 e. The Morgan fingerprint density at radius 1 is 1.26 bits per heavy atom. The zero-order chi connectivity index (χ0) is 21.8. The summed E-state index contributed by atoms with van der Waals surface area (Å²) in [6.45, 7) is 2.45. The monoisotopic (exact) mass is 472 g/mol. The molecular weight excluding hydrogens is 452 g/mol. The molecule has 0 saturated carbocycles. The van der Waals surface area contributed by atoms with Gasteiger partial charge in [0.05, 0.1) is 0 Å². The van der Waals surface area contributed by atoms with Gasteiger partial charge in [-0.3, -0.25) is 9.59 Å². The number of halogens is 1. The molecule has 0 spiro atoms. The number of nitrogens with zero attached hydrogens (tertiary/aromatic N) is 3. The highest BCUT2D eigenvalue weighted by Gasteiger charge is 2.34. The molecule has 1 atom stereocenters. The maximum absolute atomic E-state index is 12.5. The molecule has 1 aliphatic rings. The molecule has 1 fully saturated rings. The van der Waals surface area contributed by atoms with Gasteiger partial charge in [-0.25, -0.2) is 0 Å². The van der Waals surface area contributed by atoms with Crippen molar-refractivity contribution in [2.24, 2.45) is 0 Å². The average molecular weight is 473 g/mol. The van der Waals surface area contributed by atoms with Crippen LogP contribution in [-0.4, -0.2) is 34.3 Å². The predicted octanol–water partition coefficient (Wildman–Crippen LogP) is 5.14. The third kappa shape index (κ3) is 5.44. The molecule has 3 aromatic rings. The molecule has 160 valence electrons. The van der Waals surface area contributed by atoms with Crippen molar-refractivity contribution < 1.29 is 9.59 Å². The van der Waals surface area contributed by atoms with Gasteiger partial charge in [-0.1, -0.05) is 47.2 Å². The number of amides is 2. The summed E-state index contributed by atoms with van der Waals surface area (Å²) in [5.74, 6) is 0.574. The Balaban J connectivity index is 1.31. The smallest absolute Gasteiger partial charge is 0.227 e. The van der Waals surface area contributed by atoms with E-state index < -0.39 is 0 Å². The van der Waals surface area contributed by atoms with Crippen molar-refractivity contribution in [2.45, 2.75) is 30.6 Å². The Hall–Kier alpha value is -2.42. The summed E-state index contributed by atoms with van der Waals surface area (Å²) in [6.07, 6.45) is 0.750. The van der Waals surface area contributed by atoms with E-state index in [-0.39, 0.29) is 17.7 Å². The van der Waals surface area contributed by atoms with Gasteiger partial charge < -0.3 is 10.2 Å². The van der Waals surface area contributed by atoms with Crippen molar-refractivity contribution in [3.8, 4) is 0 Å². The molecule has 31 heavy (non-hydrogen) atoms. The summed E-state index contributed by atoms with van der Waals surface area (Å²) in [5.41, 5.74) is 1.76. The molecule has 0 radical (unpaired) electrons. The predicted molar refractivity (Wildman–Crippen MR) is 126 cm³/mol. The first-order valence-electron chi connectivity index (χ1n) is 9.87. The number of rotatable bonds is 7. The van der Waals surface area contributed by atoms with Crippen LogP contribution in [0.15, 0.2) is 53.4 Å². The zero-order valence-corrected chi connectivity index (χ0v) is 19.3. The van der Waals surface area contributed by atoms with Gasteiger partial charge in [0.2, 0.25) is 16.9 Å². The second kappa shape index (κ2) is 9.80. The average Bonchev–Trinajstić information content (AvgIpc) is 3.37. The van der Waals surface area contributed by atoms with Crippen molar-refractivity contribution in [3.05, 3.63) is 64.1 Å². The first kappa shape index (κ1) is 21.8. The van der Waals surface area contributed by atoms with Gasteiger partial charge in [-0.05, 0) is 36.8 Å². The quantitative estimate of drug-likeness (QED) is 0.482. The van der Waals surface area contributed by atoms with E-state index in [2.05, 4.69) is 15.5 Å². The molecule has 1 aliphatic heterocycles. The Kier molecular flexibility index (Phi) is 6.89. The number of hydrogen-bond acceptors (Lipinski definition) is 6. The lowest BCUT2D eigenvalue weighted by Gasteiger charge is -2.17. The van der Waals surface area contributed by atoms with Crippen molar-refractivity contribution in [2.75, 3.05) is 22.5 Å². The van der Waals surface area contributed by atoms with E-state index in [1.54, 1.807) is 16.7 Å². The third-order valence-corrected chi connectivity index (χ3v) is 7.39. The molecule has 1 aromatic heterocycles. The van der Waals surface area contributed by atoms with Crippen molar-refractivity contribution in [1.29, 1.82) is 0 Å². The number of anilines is 2. The number of aryl methyl sites for hydroxylation is 1. The summed E-state index contributed by atoms with van der Waals surface area (Å²) in [7, 11) is 0. The fourth-order valence-electron chi connectivity index (χ4n) is 3.28. The third-order valence-electron chi connectivity index (χ3n) is 4.97. The molecule has 2 heterocycles. The number of aromatic nitrogens is 2. The van der Waals surface area contributed by atoms with E-state index in [1.807, 2.05) is 55.5 Å². The van der Waals surface area contributed by atoms with Crippen LogP contribution in [0.3, 0.4) is 0 Å². The van der Waals surface area contributed by atoms with Gasteiger partial charge >= 0.3 is 0 Å². The molecule has 0 bridgehead atoms.